The highest BCUT2D eigenvalue weighted by atomic mass is 32.1. The number of hydrogen-bond donors (Lipinski definition) is 4. The van der Waals surface area contributed by atoms with Gasteiger partial charge in [-0.05, 0) is 24.6 Å². The summed E-state index contributed by atoms with van der Waals surface area (Å²) in [7, 11) is 0. The van der Waals surface area contributed by atoms with Gasteiger partial charge in [-0.15, -0.1) is 11.3 Å². The minimum absolute atomic E-state index is 0.00226. The van der Waals surface area contributed by atoms with Crippen LogP contribution in [0.25, 0.3) is 0 Å². The molecule has 0 bridgehead atoms. The molecule has 0 aliphatic carbocycles. The van der Waals surface area contributed by atoms with Crippen molar-refractivity contribution in [3.05, 3.63) is 51.4 Å². The first-order valence-electron chi connectivity index (χ1n) is 10.4. The summed E-state index contributed by atoms with van der Waals surface area (Å²) in [5.74, 6) is -6.17. The molecule has 1 aromatic heterocycles. The van der Waals surface area contributed by atoms with Crippen LogP contribution >= 0.6 is 11.3 Å². The van der Waals surface area contributed by atoms with E-state index in [1.54, 1.807) is 12.1 Å². The zero-order valence-corrected chi connectivity index (χ0v) is 19.0. The number of carboxylic acid groups (broad SMARTS) is 2. The molecular formula is C22H19N3O9S. The maximum Gasteiger partial charge on any atom is 0.394 e. The third kappa shape index (κ3) is 4.38. The molecule has 2 aromatic rings. The summed E-state index contributed by atoms with van der Waals surface area (Å²) in [5.41, 5.74) is 0.607. The predicted octanol–water partition coefficient (Wildman–Crippen LogP) is 0.712. The van der Waals surface area contributed by atoms with Crippen molar-refractivity contribution in [2.24, 2.45) is 0 Å². The van der Waals surface area contributed by atoms with E-state index in [1.165, 1.54) is 19.1 Å². The van der Waals surface area contributed by atoms with Crippen molar-refractivity contribution >= 4 is 51.9 Å². The number of imide groups is 1. The first kappa shape index (κ1) is 24.0. The molecule has 2 aliphatic rings. The number of rotatable bonds is 6. The standard InChI is InChI=1S/C22H19N3O9S/c1-9(25-19(28)11-4-2-3-5-12(11)20(25)29)16(26)23-7-10-6-13-14(8-34-10)35-18(15(13)21(30)31)24-17(27)22(32)33/h2-5,9-10H,6-8H2,1H3,(H,23,26)(H,24,27)(H,30,31)(H,32,33). The van der Waals surface area contributed by atoms with Crippen molar-refractivity contribution in [3.8, 4) is 0 Å². The molecule has 3 heterocycles. The maximum atomic E-state index is 12.7. The number of aliphatic carboxylic acids is 1. The molecule has 0 radical (unpaired) electrons. The molecule has 0 spiro atoms. The van der Waals surface area contributed by atoms with Gasteiger partial charge in [0.15, 0.2) is 0 Å². The molecule has 12 nitrogen and oxygen atoms in total. The van der Waals surface area contributed by atoms with Gasteiger partial charge in [-0.1, -0.05) is 12.1 Å². The molecule has 2 aliphatic heterocycles. The molecule has 13 heteroatoms. The first-order chi connectivity index (χ1) is 16.6. The number of aromatic carboxylic acids is 1. The van der Waals surface area contributed by atoms with Crippen LogP contribution in [0.15, 0.2) is 24.3 Å². The van der Waals surface area contributed by atoms with Crippen molar-refractivity contribution in [1.82, 2.24) is 10.2 Å². The van der Waals surface area contributed by atoms with Gasteiger partial charge < -0.3 is 25.6 Å². The largest absolute Gasteiger partial charge is 0.478 e. The Hall–Kier alpha value is -4.10. The Morgan fingerprint density at radius 1 is 1.14 bits per heavy atom. The average Bonchev–Trinajstić information content (AvgIpc) is 3.31. The van der Waals surface area contributed by atoms with Gasteiger partial charge in [0.05, 0.1) is 29.4 Å². The van der Waals surface area contributed by atoms with Gasteiger partial charge in [0.25, 0.3) is 11.8 Å². The number of ether oxygens (including phenoxy) is 1. The lowest BCUT2D eigenvalue weighted by molar-refractivity contribution is -0.147. The average molecular weight is 501 g/mol. The Morgan fingerprint density at radius 2 is 1.77 bits per heavy atom. The van der Waals surface area contributed by atoms with Gasteiger partial charge >= 0.3 is 17.8 Å². The Morgan fingerprint density at radius 3 is 2.34 bits per heavy atom. The van der Waals surface area contributed by atoms with Crippen LogP contribution in [0.1, 0.15) is 48.4 Å². The lowest BCUT2D eigenvalue weighted by atomic mass is 10.0. The highest BCUT2D eigenvalue weighted by Crippen LogP contribution is 2.38. The van der Waals surface area contributed by atoms with Crippen molar-refractivity contribution in [3.63, 3.8) is 0 Å². The fourth-order valence-electron chi connectivity index (χ4n) is 3.97. The van der Waals surface area contributed by atoms with E-state index in [-0.39, 0.29) is 41.3 Å². The van der Waals surface area contributed by atoms with E-state index in [0.717, 1.165) is 16.2 Å². The van der Waals surface area contributed by atoms with Crippen molar-refractivity contribution in [2.45, 2.75) is 32.1 Å². The summed E-state index contributed by atoms with van der Waals surface area (Å²) < 4.78 is 5.68. The second-order valence-corrected chi connectivity index (χ2v) is 8.96. The van der Waals surface area contributed by atoms with Crippen LogP contribution in [0.5, 0.6) is 0 Å². The Balaban J connectivity index is 1.42. The predicted molar refractivity (Wildman–Crippen MR) is 119 cm³/mol. The van der Waals surface area contributed by atoms with Gasteiger partial charge in [-0.2, -0.15) is 0 Å². The molecule has 2 unspecified atom stereocenters. The molecule has 35 heavy (non-hydrogen) atoms. The second-order valence-electron chi connectivity index (χ2n) is 7.86. The number of carboxylic acids is 2. The Labute approximate surface area is 201 Å². The SMILES string of the molecule is CC(C(=O)NCC1Cc2c(sc(NC(=O)C(=O)O)c2C(=O)O)CO1)N1C(=O)c2ccccc2C1=O. The van der Waals surface area contributed by atoms with Crippen molar-refractivity contribution < 1.29 is 43.7 Å². The number of nitrogens with one attached hydrogen (secondary N) is 2. The normalized spacial score (nSPS) is 17.4. The molecule has 1 aromatic carbocycles. The molecule has 4 rings (SSSR count). The highest BCUT2D eigenvalue weighted by molar-refractivity contribution is 7.17. The van der Waals surface area contributed by atoms with E-state index >= 15 is 0 Å². The van der Waals surface area contributed by atoms with E-state index in [9.17, 15) is 33.9 Å². The number of anilines is 1. The zero-order valence-electron chi connectivity index (χ0n) is 18.2. The van der Waals surface area contributed by atoms with Crippen LogP contribution in [-0.2, 0) is 32.1 Å². The van der Waals surface area contributed by atoms with E-state index in [0.29, 0.717) is 10.4 Å². The number of amides is 4. The fraction of sp³-hybridized carbons (Fsp3) is 0.273. The maximum absolute atomic E-state index is 12.7. The molecule has 0 fully saturated rings. The summed E-state index contributed by atoms with van der Waals surface area (Å²) in [6.07, 6.45) is -0.547. The minimum Gasteiger partial charge on any atom is -0.478 e. The molecule has 182 valence electrons. The highest BCUT2D eigenvalue weighted by Gasteiger charge is 2.41. The zero-order chi connectivity index (χ0) is 25.4. The van der Waals surface area contributed by atoms with Crippen LogP contribution in [0.2, 0.25) is 0 Å². The number of carbonyl (C=O) groups is 6. The molecule has 0 saturated heterocycles. The van der Waals surface area contributed by atoms with Gasteiger partial charge in [-0.25, -0.2) is 9.59 Å². The number of hydrogen-bond acceptors (Lipinski definition) is 8. The lowest BCUT2D eigenvalue weighted by Gasteiger charge is -2.26. The van der Waals surface area contributed by atoms with E-state index in [1.807, 2.05) is 0 Å². The number of carbonyl (C=O) groups excluding carboxylic acids is 4. The first-order valence-corrected chi connectivity index (χ1v) is 11.2. The molecule has 0 saturated carbocycles. The van der Waals surface area contributed by atoms with Crippen molar-refractivity contribution in [1.29, 1.82) is 0 Å². The van der Waals surface area contributed by atoms with E-state index < -0.39 is 47.7 Å². The van der Waals surface area contributed by atoms with Gasteiger partial charge in [0, 0.05) is 17.8 Å². The number of thiophene rings is 1. The van der Waals surface area contributed by atoms with Gasteiger partial charge in [0.2, 0.25) is 5.91 Å². The smallest absolute Gasteiger partial charge is 0.394 e. The minimum atomic E-state index is -1.75. The monoisotopic (exact) mass is 501 g/mol. The third-order valence-corrected chi connectivity index (χ3v) is 6.82. The van der Waals surface area contributed by atoms with E-state index in [4.69, 9.17) is 9.84 Å². The Kier molecular flexibility index (Phi) is 6.37. The van der Waals surface area contributed by atoms with Crippen molar-refractivity contribution in [2.75, 3.05) is 11.9 Å². The van der Waals surface area contributed by atoms with Gasteiger partial charge in [-0.3, -0.25) is 24.1 Å². The second kappa shape index (κ2) is 9.27. The Bertz CT molecular complexity index is 1250. The summed E-state index contributed by atoms with van der Waals surface area (Å²) in [5, 5.41) is 23.0. The summed E-state index contributed by atoms with van der Waals surface area (Å²) >= 11 is 0.909. The molecule has 2 atom stereocenters. The fourth-order valence-corrected chi connectivity index (χ4v) is 5.10. The van der Waals surface area contributed by atoms with Crippen LogP contribution < -0.4 is 10.6 Å². The molecule has 4 amide bonds. The third-order valence-electron chi connectivity index (χ3n) is 5.70. The number of fused-ring (bicyclic) bond motifs is 2. The molecule has 4 N–H and O–H groups in total. The molecular weight excluding hydrogens is 482 g/mol. The van der Waals surface area contributed by atoms with Crippen LogP contribution in [0.4, 0.5) is 5.00 Å². The summed E-state index contributed by atoms with van der Waals surface area (Å²) in [6, 6.07) is 5.20. The summed E-state index contributed by atoms with van der Waals surface area (Å²) in [6.45, 7) is 1.39. The topological polar surface area (TPSA) is 179 Å². The van der Waals surface area contributed by atoms with Crippen LogP contribution in [0, 0.1) is 0 Å². The van der Waals surface area contributed by atoms with Gasteiger partial charge in [0.1, 0.15) is 11.0 Å². The van der Waals surface area contributed by atoms with Crippen LogP contribution in [-0.4, -0.2) is 69.4 Å². The number of nitrogens with zero attached hydrogens (tertiary/aromatic N) is 1. The summed E-state index contributed by atoms with van der Waals surface area (Å²) in [4.78, 5) is 73.4. The quantitative estimate of drug-likeness (QED) is 0.327. The van der Waals surface area contributed by atoms with Crippen LogP contribution in [0.3, 0.4) is 0 Å². The van der Waals surface area contributed by atoms with E-state index in [2.05, 4.69) is 10.6 Å². The lowest BCUT2D eigenvalue weighted by Crippen LogP contribution is -2.49. The number of benzene rings is 1.